The number of thiazole rings is 1. The highest BCUT2D eigenvalue weighted by atomic mass is 35.5. The van der Waals surface area contributed by atoms with Crippen molar-refractivity contribution in [1.29, 1.82) is 0 Å². The van der Waals surface area contributed by atoms with Crippen LogP contribution in [0.5, 0.6) is 0 Å². The van der Waals surface area contributed by atoms with Crippen molar-refractivity contribution in [2.75, 3.05) is 16.2 Å². The summed E-state index contributed by atoms with van der Waals surface area (Å²) >= 11 is 8.18. The lowest BCUT2D eigenvalue weighted by atomic mass is 10.1. The number of nitrogen functional groups attached to an aromatic ring is 1. The lowest BCUT2D eigenvalue weighted by Gasteiger charge is -2.11. The predicted molar refractivity (Wildman–Crippen MR) is 128 cm³/mol. The van der Waals surface area contributed by atoms with Crippen molar-refractivity contribution < 1.29 is 4.21 Å². The number of hydrogen-bond acceptors (Lipinski definition) is 7. The van der Waals surface area contributed by atoms with E-state index < -0.39 is 11.0 Å². The average Bonchev–Trinajstić information content (AvgIpc) is 3.21. The molecule has 0 saturated heterocycles. The zero-order chi connectivity index (χ0) is 21.8. The maximum Gasteiger partial charge on any atom is 0.220 e. The van der Waals surface area contributed by atoms with Crippen LogP contribution < -0.4 is 10.5 Å². The highest BCUT2D eigenvalue weighted by Gasteiger charge is 2.21. The molecule has 0 aliphatic carbocycles. The minimum absolute atomic E-state index is 0.174. The molecule has 0 amide bonds. The molecule has 3 aromatic heterocycles. The van der Waals surface area contributed by atoms with Gasteiger partial charge in [-0.25, -0.2) is 19.2 Å². The summed E-state index contributed by atoms with van der Waals surface area (Å²) in [6.07, 6.45) is 4.13. The van der Waals surface area contributed by atoms with E-state index in [1.165, 1.54) is 11.3 Å². The highest BCUT2D eigenvalue weighted by Crippen LogP contribution is 2.43. The largest absolute Gasteiger partial charge is 0.368 e. The Labute approximate surface area is 191 Å². The zero-order valence-electron chi connectivity index (χ0n) is 16.6. The first kappa shape index (κ1) is 21.4. The summed E-state index contributed by atoms with van der Waals surface area (Å²) < 4.78 is 15.2. The maximum absolute atomic E-state index is 12.2. The van der Waals surface area contributed by atoms with Crippen LogP contribution in [0.4, 0.5) is 11.6 Å². The van der Waals surface area contributed by atoms with Gasteiger partial charge in [-0.15, -0.1) is 11.3 Å². The first-order valence-corrected chi connectivity index (χ1v) is 12.0. The second-order valence-corrected chi connectivity index (χ2v) is 9.21. The molecule has 10 heteroatoms. The first-order valence-electron chi connectivity index (χ1n) is 9.52. The predicted octanol–water partition coefficient (Wildman–Crippen LogP) is 5.05. The molecule has 31 heavy (non-hydrogen) atoms. The van der Waals surface area contributed by atoms with Crippen molar-refractivity contribution in [1.82, 2.24) is 19.9 Å². The Balaban J connectivity index is 1.86. The molecule has 3 N–H and O–H groups in total. The summed E-state index contributed by atoms with van der Waals surface area (Å²) in [5, 5.41) is 1.17. The van der Waals surface area contributed by atoms with Crippen LogP contribution in [0.1, 0.15) is 13.3 Å². The fraction of sp³-hybridized carbons (Fsp3) is 0.143. The van der Waals surface area contributed by atoms with Crippen molar-refractivity contribution in [3.05, 3.63) is 59.9 Å². The lowest BCUT2D eigenvalue weighted by Crippen LogP contribution is -2.08. The molecule has 0 spiro atoms. The SMILES string of the molecule is CCCS(=O)Nc1cccc(-c2nc(-c3ccccn3)sc2-c2ccnc(N)n2)c1Cl. The number of nitrogens with two attached hydrogens (primary N) is 1. The van der Waals surface area contributed by atoms with Gasteiger partial charge in [-0.2, -0.15) is 0 Å². The van der Waals surface area contributed by atoms with Gasteiger partial charge in [0.25, 0.3) is 0 Å². The van der Waals surface area contributed by atoms with E-state index in [9.17, 15) is 4.21 Å². The van der Waals surface area contributed by atoms with Crippen LogP contribution in [0.3, 0.4) is 0 Å². The number of benzene rings is 1. The standard InChI is InChI=1S/C21H19ClN6OS2/c1-2-12-31(29)28-14-8-5-6-13(17(14)22)18-19(15-9-11-25-21(23)26-15)30-20(27-18)16-7-3-4-10-24-16/h3-11,28H,2,12H2,1H3,(H2,23,25,26). The van der Waals surface area contributed by atoms with Gasteiger partial charge < -0.3 is 10.5 Å². The van der Waals surface area contributed by atoms with Crippen LogP contribution in [0.15, 0.2) is 54.9 Å². The number of halogens is 1. The van der Waals surface area contributed by atoms with Crippen LogP contribution in [-0.2, 0) is 11.0 Å². The third kappa shape index (κ3) is 4.73. The molecule has 0 radical (unpaired) electrons. The second-order valence-electron chi connectivity index (χ2n) is 6.53. The highest BCUT2D eigenvalue weighted by molar-refractivity contribution is 7.86. The fourth-order valence-corrected chi connectivity index (χ4v) is 5.16. The van der Waals surface area contributed by atoms with Crippen LogP contribution in [-0.4, -0.2) is 29.9 Å². The van der Waals surface area contributed by atoms with Crippen molar-refractivity contribution in [2.24, 2.45) is 0 Å². The lowest BCUT2D eigenvalue weighted by molar-refractivity contribution is 0.685. The van der Waals surface area contributed by atoms with Crippen LogP contribution >= 0.6 is 22.9 Å². The van der Waals surface area contributed by atoms with Gasteiger partial charge in [-0.05, 0) is 30.7 Å². The molecule has 0 saturated carbocycles. The van der Waals surface area contributed by atoms with E-state index in [1.54, 1.807) is 24.5 Å². The van der Waals surface area contributed by atoms with E-state index in [0.29, 0.717) is 33.4 Å². The molecule has 1 atom stereocenters. The van der Waals surface area contributed by atoms with Crippen LogP contribution in [0.25, 0.3) is 32.5 Å². The van der Waals surface area contributed by atoms with Gasteiger partial charge in [0.1, 0.15) is 16.0 Å². The molecule has 1 unspecified atom stereocenters. The fourth-order valence-electron chi connectivity index (χ4n) is 2.93. The molecule has 0 aliphatic heterocycles. The molecule has 4 aromatic rings. The Morgan fingerprint density at radius 2 is 1.94 bits per heavy atom. The molecule has 0 bridgehead atoms. The van der Waals surface area contributed by atoms with Crippen molar-refractivity contribution in [3.8, 4) is 32.5 Å². The number of rotatable bonds is 7. The van der Waals surface area contributed by atoms with Crippen molar-refractivity contribution in [3.63, 3.8) is 0 Å². The number of nitrogens with zero attached hydrogens (tertiary/aromatic N) is 4. The van der Waals surface area contributed by atoms with Crippen LogP contribution in [0.2, 0.25) is 5.02 Å². The smallest absolute Gasteiger partial charge is 0.220 e. The zero-order valence-corrected chi connectivity index (χ0v) is 19.0. The van der Waals surface area contributed by atoms with Gasteiger partial charge in [-0.1, -0.05) is 36.7 Å². The van der Waals surface area contributed by atoms with Gasteiger partial charge in [0.2, 0.25) is 5.95 Å². The Morgan fingerprint density at radius 1 is 1.06 bits per heavy atom. The van der Waals surface area contributed by atoms with E-state index in [-0.39, 0.29) is 5.95 Å². The summed E-state index contributed by atoms with van der Waals surface area (Å²) in [4.78, 5) is 18.4. The number of aromatic nitrogens is 4. The van der Waals surface area contributed by atoms with Gasteiger partial charge in [0, 0.05) is 23.7 Å². The summed E-state index contributed by atoms with van der Waals surface area (Å²) in [5.41, 5.74) is 9.15. The van der Waals surface area contributed by atoms with Gasteiger partial charge in [0.15, 0.2) is 0 Å². The summed E-state index contributed by atoms with van der Waals surface area (Å²) in [7, 11) is -1.21. The molecule has 1 aromatic carbocycles. The molecular formula is C21H19ClN6OS2. The van der Waals surface area contributed by atoms with Gasteiger partial charge in [0.05, 0.1) is 32.7 Å². The molecule has 0 aliphatic rings. The minimum atomic E-state index is -1.21. The van der Waals surface area contributed by atoms with Crippen LogP contribution in [0, 0.1) is 0 Å². The molecule has 4 rings (SSSR count). The number of pyridine rings is 1. The van der Waals surface area contributed by atoms with Crippen molar-refractivity contribution in [2.45, 2.75) is 13.3 Å². The maximum atomic E-state index is 12.2. The monoisotopic (exact) mass is 470 g/mol. The first-order chi connectivity index (χ1) is 15.1. The Bertz CT molecular complexity index is 1230. The van der Waals surface area contributed by atoms with E-state index in [2.05, 4.69) is 19.7 Å². The molecular weight excluding hydrogens is 452 g/mol. The normalized spacial score (nSPS) is 11.9. The second kappa shape index (κ2) is 9.51. The molecule has 0 fully saturated rings. The molecule has 3 heterocycles. The third-order valence-corrected chi connectivity index (χ3v) is 7.02. The Kier molecular flexibility index (Phi) is 6.55. The Hall–Kier alpha value is -2.88. The number of anilines is 2. The minimum Gasteiger partial charge on any atom is -0.368 e. The molecule has 7 nitrogen and oxygen atoms in total. The quantitative estimate of drug-likeness (QED) is 0.391. The van der Waals surface area contributed by atoms with E-state index in [1.807, 2.05) is 37.3 Å². The summed E-state index contributed by atoms with van der Waals surface area (Å²) in [6.45, 7) is 1.98. The summed E-state index contributed by atoms with van der Waals surface area (Å²) in [6, 6.07) is 13.0. The van der Waals surface area contributed by atoms with E-state index in [4.69, 9.17) is 22.3 Å². The average molecular weight is 471 g/mol. The molecule has 158 valence electrons. The van der Waals surface area contributed by atoms with E-state index >= 15 is 0 Å². The van der Waals surface area contributed by atoms with E-state index in [0.717, 1.165) is 22.0 Å². The van der Waals surface area contributed by atoms with Gasteiger partial charge >= 0.3 is 0 Å². The van der Waals surface area contributed by atoms with Gasteiger partial charge in [-0.3, -0.25) is 4.98 Å². The summed E-state index contributed by atoms with van der Waals surface area (Å²) in [5.74, 6) is 0.708. The number of nitrogens with one attached hydrogen (secondary N) is 1. The topological polar surface area (TPSA) is 107 Å². The Morgan fingerprint density at radius 3 is 2.68 bits per heavy atom. The van der Waals surface area contributed by atoms with Crippen molar-refractivity contribution >= 4 is 45.6 Å². The number of hydrogen-bond donors (Lipinski definition) is 2. The third-order valence-electron chi connectivity index (χ3n) is 4.29.